The van der Waals surface area contributed by atoms with Crippen LogP contribution in [0.1, 0.15) is 138 Å². The lowest BCUT2D eigenvalue weighted by Crippen LogP contribution is -2.58. The number of benzene rings is 2. The smallest absolute Gasteiger partial charge is 0.475 e. The van der Waals surface area contributed by atoms with Gasteiger partial charge in [0.15, 0.2) is 0 Å². The van der Waals surface area contributed by atoms with Crippen molar-refractivity contribution in [3.63, 3.8) is 0 Å². The Kier molecular flexibility index (Phi) is 22.6. The number of carboxylic acids is 1. The van der Waals surface area contributed by atoms with Crippen LogP contribution in [0.2, 0.25) is 0 Å². The number of carboxylic acid groups (broad SMARTS) is 1. The van der Waals surface area contributed by atoms with Gasteiger partial charge in [0.2, 0.25) is 35.4 Å². The van der Waals surface area contributed by atoms with Crippen molar-refractivity contribution in [3.05, 3.63) is 70.8 Å². The molecule has 4 fully saturated rings. The van der Waals surface area contributed by atoms with E-state index >= 15 is 0 Å². The number of likely N-dealkylation sites (N-methyl/N-ethyl adjacent to an activating group) is 2. The number of alkyl halides is 3. The summed E-state index contributed by atoms with van der Waals surface area (Å²) in [6.07, 6.45) is 7.51. The van der Waals surface area contributed by atoms with Gasteiger partial charge in [-0.2, -0.15) is 13.2 Å². The Hall–Kier alpha value is -6.52. The minimum Gasteiger partial charge on any atom is -0.475 e. The number of halogens is 3. The number of fused-ring (bicyclic) bond motifs is 2. The Morgan fingerprint density at radius 2 is 0.963 bits per heavy atom. The molecule has 6 amide bonds. The van der Waals surface area contributed by atoms with Gasteiger partial charge in [0.1, 0.15) is 37.4 Å². The van der Waals surface area contributed by atoms with Gasteiger partial charge in [0, 0.05) is 25.9 Å². The first-order valence-electron chi connectivity index (χ1n) is 28.7. The second-order valence-electron chi connectivity index (χ2n) is 22.1. The van der Waals surface area contributed by atoms with E-state index in [1.807, 2.05) is 48.5 Å². The number of rotatable bonds is 18. The Balaban J connectivity index is 0.00000127. The maximum Gasteiger partial charge on any atom is 0.490 e. The molecule has 7 N–H and O–H groups in total. The predicted molar refractivity (Wildman–Crippen MR) is 294 cm³/mol. The van der Waals surface area contributed by atoms with Crippen molar-refractivity contribution in [3.8, 4) is 23.7 Å². The summed E-state index contributed by atoms with van der Waals surface area (Å²) in [5.74, 6) is 7.80. The molecule has 0 radical (unpaired) electrons. The summed E-state index contributed by atoms with van der Waals surface area (Å²) >= 11 is 0. The molecule has 2 saturated heterocycles. The van der Waals surface area contributed by atoms with Crippen molar-refractivity contribution in [1.82, 2.24) is 41.7 Å². The van der Waals surface area contributed by atoms with Gasteiger partial charge in [-0.05, 0) is 125 Å². The molecule has 0 bridgehead atoms. The van der Waals surface area contributed by atoms with Crippen LogP contribution in [0.4, 0.5) is 13.2 Å². The van der Waals surface area contributed by atoms with E-state index in [9.17, 15) is 41.9 Å². The van der Waals surface area contributed by atoms with E-state index in [0.29, 0.717) is 51.6 Å². The number of nitrogens with one attached hydrogen (secondary N) is 6. The highest BCUT2D eigenvalue weighted by Gasteiger charge is 2.45. The van der Waals surface area contributed by atoms with Crippen molar-refractivity contribution in [1.29, 1.82) is 0 Å². The van der Waals surface area contributed by atoms with Crippen LogP contribution in [0.25, 0.3) is 0 Å². The fraction of sp³-hybridized carbons (Fsp3) is 0.617. The Morgan fingerprint density at radius 3 is 1.32 bits per heavy atom. The molecule has 4 aliphatic carbocycles. The lowest BCUT2D eigenvalue weighted by atomic mass is 9.83. The van der Waals surface area contributed by atoms with E-state index in [-0.39, 0.29) is 72.7 Å². The van der Waals surface area contributed by atoms with Gasteiger partial charge >= 0.3 is 12.1 Å². The number of likely N-dealkylation sites (tertiary alicyclic amines) is 2. The van der Waals surface area contributed by atoms with Gasteiger partial charge < -0.3 is 56.3 Å². The molecule has 6 aliphatic rings. The fourth-order valence-electron chi connectivity index (χ4n) is 12.2. The maximum atomic E-state index is 14.3. The van der Waals surface area contributed by atoms with Crippen molar-refractivity contribution in [2.45, 2.75) is 183 Å². The lowest BCUT2D eigenvalue weighted by molar-refractivity contribution is -0.192. The number of carbonyl (C=O) groups is 7. The molecule has 2 aliphatic heterocycles. The van der Waals surface area contributed by atoms with Gasteiger partial charge in [0.05, 0.1) is 36.4 Å². The zero-order valence-corrected chi connectivity index (χ0v) is 46.8. The first-order valence-corrected chi connectivity index (χ1v) is 28.7. The van der Waals surface area contributed by atoms with E-state index in [1.165, 1.54) is 0 Å². The standard InChI is InChI=1S/C58H78N8O8.C2HF3O2/c1-37(59-3)53(67)61-49(39-21-9-7-10-22-39)57(71)65-31-19-29-45(65)55(69)63-51-43-27-15-13-25-41(43)35-47(51)73-33-17-5-6-18-34-74-48-36-42-26-14-16-28-44(42)52(48)64-56(70)46-30-20-32-66(46)58(72)50(40-23-11-8-12-24-40)62-54(68)38(2)60-4;3-2(4,5)1(6)7/h13-16,25-28,37-40,45-52,59-60H,7-12,19-24,29-36H2,1-4H3,(H,61,67)(H,62,68)(H,63,69)(H,64,70);(H,6,7)/t37-,38-,45-,46-,47+,48+,49-,50-,51-,52-;/m0./s1. The molecule has 21 heteroatoms. The number of amides is 6. The number of ether oxygens (including phenoxy) is 2. The van der Waals surface area contributed by atoms with Gasteiger partial charge in [-0.25, -0.2) is 4.79 Å². The van der Waals surface area contributed by atoms with Crippen LogP contribution in [0.5, 0.6) is 0 Å². The van der Waals surface area contributed by atoms with Crippen LogP contribution >= 0.6 is 0 Å². The third-order valence-electron chi connectivity index (χ3n) is 16.9. The Morgan fingerprint density at radius 1 is 0.593 bits per heavy atom. The summed E-state index contributed by atoms with van der Waals surface area (Å²) in [4.78, 5) is 95.5. The maximum absolute atomic E-state index is 14.3. The highest BCUT2D eigenvalue weighted by molar-refractivity contribution is 5.95. The summed E-state index contributed by atoms with van der Waals surface area (Å²) in [7, 11) is 3.44. The number of nitrogens with zero attached hydrogens (tertiary/aromatic N) is 2. The fourth-order valence-corrected chi connectivity index (χ4v) is 12.2. The van der Waals surface area contributed by atoms with E-state index in [0.717, 1.165) is 86.5 Å². The summed E-state index contributed by atoms with van der Waals surface area (Å²) < 4.78 is 44.4. The molecular weight excluding hydrogens is 1050 g/mol. The normalized spacial score (nSPS) is 24.0. The molecule has 0 aromatic heterocycles. The summed E-state index contributed by atoms with van der Waals surface area (Å²) in [5, 5.41) is 25.7. The third-order valence-corrected chi connectivity index (χ3v) is 16.9. The van der Waals surface area contributed by atoms with Gasteiger partial charge in [-0.3, -0.25) is 28.8 Å². The Bertz CT molecular complexity index is 2510. The number of aliphatic carboxylic acids is 1. The topological polar surface area (TPSA) is 237 Å². The molecule has 10 atom stereocenters. The summed E-state index contributed by atoms with van der Waals surface area (Å²) in [5.41, 5.74) is 4.10. The van der Waals surface area contributed by atoms with E-state index < -0.39 is 60.5 Å². The average molecular weight is 1130 g/mol. The highest BCUT2D eigenvalue weighted by Crippen LogP contribution is 2.37. The average Bonchev–Trinajstić information content (AvgIpc) is 4.44. The second kappa shape index (κ2) is 29.5. The zero-order chi connectivity index (χ0) is 58.2. The quantitative estimate of drug-likeness (QED) is 0.102. The molecule has 18 nitrogen and oxygen atoms in total. The first-order chi connectivity index (χ1) is 38.9. The van der Waals surface area contributed by atoms with E-state index in [1.54, 1.807) is 37.7 Å². The third kappa shape index (κ3) is 16.1. The molecule has 0 unspecified atom stereocenters. The van der Waals surface area contributed by atoms with Crippen molar-refractivity contribution < 1.29 is 61.3 Å². The number of hydrogen-bond acceptors (Lipinski definition) is 11. The van der Waals surface area contributed by atoms with E-state index in [2.05, 4.69) is 55.6 Å². The molecule has 0 spiro atoms. The lowest BCUT2D eigenvalue weighted by Gasteiger charge is -2.35. The molecule has 8 rings (SSSR count). The predicted octanol–water partition coefficient (Wildman–Crippen LogP) is 4.55. The Labute approximate surface area is 472 Å². The van der Waals surface area contributed by atoms with Crippen molar-refractivity contribution in [2.75, 3.05) is 40.4 Å². The van der Waals surface area contributed by atoms with Crippen LogP contribution < -0.4 is 31.9 Å². The van der Waals surface area contributed by atoms with Crippen LogP contribution in [-0.4, -0.2) is 151 Å². The monoisotopic (exact) mass is 1130 g/mol. The summed E-state index contributed by atoms with van der Waals surface area (Å²) in [6.45, 7) is 4.62. The van der Waals surface area contributed by atoms with Crippen molar-refractivity contribution in [2.24, 2.45) is 11.8 Å². The first kappa shape index (κ1) is 62.1. The molecule has 2 aromatic carbocycles. The van der Waals surface area contributed by atoms with Gasteiger partial charge in [0.25, 0.3) is 0 Å². The minimum absolute atomic E-state index is 0.0261. The highest BCUT2D eigenvalue weighted by atomic mass is 19.4. The summed E-state index contributed by atoms with van der Waals surface area (Å²) in [6, 6.07) is 11.5. The molecule has 440 valence electrons. The molecule has 2 saturated carbocycles. The number of carbonyl (C=O) groups excluding carboxylic acids is 6. The van der Waals surface area contributed by atoms with E-state index in [4.69, 9.17) is 19.4 Å². The molecule has 2 heterocycles. The van der Waals surface area contributed by atoms with Gasteiger partial charge in [-0.1, -0.05) is 98.9 Å². The molecular formula is C60H79F3N8O10. The largest absolute Gasteiger partial charge is 0.490 e. The van der Waals surface area contributed by atoms with Crippen molar-refractivity contribution >= 4 is 41.4 Å². The molecule has 2 aromatic rings. The number of hydrogen-bond donors (Lipinski definition) is 7. The van der Waals surface area contributed by atoms with Crippen LogP contribution in [0.15, 0.2) is 48.5 Å². The van der Waals surface area contributed by atoms with Gasteiger partial charge in [-0.15, -0.1) is 0 Å². The molecule has 81 heavy (non-hydrogen) atoms. The second-order valence-corrected chi connectivity index (χ2v) is 22.1. The SMILES string of the molecule is CN[C@@H](C)C(=O)N[C@H](C(=O)N1CCC[C@H]1C(=O)N[C@H]1c2ccccc2C[C@H]1OCC#CC#CCO[C@@H]1Cc2ccccc2[C@@H]1NC(=O)[C@@H]1CCCN1C(=O)[C@@H](NC(=O)[C@H](C)NC)C1CCCCC1)C1CCCCC1.O=C(O)C(F)(F)F. The minimum atomic E-state index is -5.08. The van der Waals surface area contributed by atoms with Crippen LogP contribution in [-0.2, 0) is 55.9 Å². The van der Waals surface area contributed by atoms with Crippen LogP contribution in [0, 0.1) is 35.5 Å². The zero-order valence-electron chi connectivity index (χ0n) is 46.8. The van der Waals surface area contributed by atoms with Crippen LogP contribution in [0.3, 0.4) is 0 Å².